The van der Waals surface area contributed by atoms with Gasteiger partial charge in [-0.05, 0) is 38.1 Å². The highest BCUT2D eigenvalue weighted by molar-refractivity contribution is 5.78. The summed E-state index contributed by atoms with van der Waals surface area (Å²) in [6.07, 6.45) is 2.51. The molecule has 0 radical (unpaired) electrons. The third-order valence-corrected chi connectivity index (χ3v) is 4.07. The molecule has 2 heterocycles. The number of imidazole rings is 1. The lowest BCUT2D eigenvalue weighted by atomic mass is 10.1. The van der Waals surface area contributed by atoms with Gasteiger partial charge in [0.15, 0.2) is 0 Å². The van der Waals surface area contributed by atoms with Crippen molar-refractivity contribution in [1.82, 2.24) is 14.5 Å². The molecule has 19 heavy (non-hydrogen) atoms. The average molecular weight is 258 g/mol. The van der Waals surface area contributed by atoms with Gasteiger partial charge in [0.05, 0.1) is 11.0 Å². The molecule has 0 spiro atoms. The average Bonchev–Trinajstić information content (AvgIpc) is 2.76. The van der Waals surface area contributed by atoms with E-state index in [4.69, 9.17) is 4.98 Å². The Kier molecular flexibility index (Phi) is 3.42. The molecule has 3 rings (SSSR count). The van der Waals surface area contributed by atoms with E-state index in [-0.39, 0.29) is 0 Å². The van der Waals surface area contributed by atoms with E-state index in [9.17, 15) is 0 Å². The molecule has 0 saturated carbocycles. The minimum atomic E-state index is 0.518. The normalized spacial score (nSPS) is 20.8. The molecule has 1 aromatic carbocycles. The number of aromatic nitrogens is 2. The molecular weight excluding hydrogens is 236 g/mol. The summed E-state index contributed by atoms with van der Waals surface area (Å²) >= 11 is 0. The Balaban J connectivity index is 1.79. The lowest BCUT2D eigenvalue weighted by Crippen LogP contribution is -2.42. The van der Waals surface area contributed by atoms with E-state index in [1.54, 1.807) is 0 Å². The first kappa shape index (κ1) is 12.5. The number of likely N-dealkylation sites (N-methyl/N-ethyl adjacent to an activating group) is 1. The number of aryl methyl sites for hydroxylation is 1. The fraction of sp³-hybridized carbons (Fsp3) is 0.533. The summed E-state index contributed by atoms with van der Waals surface area (Å²) in [5, 5.41) is 3.61. The van der Waals surface area contributed by atoms with E-state index >= 15 is 0 Å². The van der Waals surface area contributed by atoms with E-state index in [0.29, 0.717) is 6.04 Å². The minimum absolute atomic E-state index is 0.518. The molecule has 0 amide bonds. The molecule has 1 unspecified atom stereocenters. The van der Waals surface area contributed by atoms with E-state index in [1.807, 2.05) is 6.07 Å². The van der Waals surface area contributed by atoms with Crippen molar-refractivity contribution >= 4 is 17.0 Å². The van der Waals surface area contributed by atoms with Gasteiger partial charge in [0.2, 0.25) is 5.95 Å². The van der Waals surface area contributed by atoms with E-state index in [1.165, 1.54) is 24.9 Å². The number of hydrogen-bond donors (Lipinski definition) is 1. The number of piperidine rings is 1. The van der Waals surface area contributed by atoms with Gasteiger partial charge in [-0.15, -0.1) is 0 Å². The molecule has 1 N–H and O–H groups in total. The van der Waals surface area contributed by atoms with Crippen LogP contribution in [0.4, 0.5) is 5.95 Å². The van der Waals surface area contributed by atoms with Crippen molar-refractivity contribution in [2.75, 3.05) is 25.0 Å². The summed E-state index contributed by atoms with van der Waals surface area (Å²) in [6, 6.07) is 8.81. The maximum absolute atomic E-state index is 4.69. The van der Waals surface area contributed by atoms with Crippen LogP contribution in [0, 0.1) is 0 Å². The lowest BCUT2D eigenvalue weighted by Gasteiger charge is -2.32. The van der Waals surface area contributed by atoms with Crippen LogP contribution in [0.1, 0.15) is 19.8 Å². The Morgan fingerprint density at radius 1 is 1.37 bits per heavy atom. The molecule has 102 valence electrons. The highest BCUT2D eigenvalue weighted by atomic mass is 15.2. The first-order valence-corrected chi connectivity index (χ1v) is 7.18. The molecule has 1 aliphatic heterocycles. The SMILES string of the molecule is CCN1CCCC(Nc2nc3ccccc3n2C)C1. The molecule has 1 aromatic heterocycles. The standard InChI is InChI=1S/C15H22N4/c1-3-19-10-6-7-12(11-19)16-15-17-13-8-4-5-9-14(13)18(15)2/h4-5,8-9,12H,3,6-7,10-11H2,1-2H3,(H,16,17). The molecule has 2 aromatic rings. The molecular formula is C15H22N4. The second-order valence-corrected chi connectivity index (χ2v) is 5.36. The van der Waals surface area contributed by atoms with Crippen LogP contribution in [-0.4, -0.2) is 40.1 Å². The number of likely N-dealkylation sites (tertiary alicyclic amines) is 1. The highest BCUT2D eigenvalue weighted by Gasteiger charge is 2.20. The number of para-hydroxylation sites is 2. The smallest absolute Gasteiger partial charge is 0.203 e. The van der Waals surface area contributed by atoms with Crippen LogP contribution in [0.5, 0.6) is 0 Å². The third-order valence-electron chi connectivity index (χ3n) is 4.07. The van der Waals surface area contributed by atoms with Crippen molar-refractivity contribution in [3.63, 3.8) is 0 Å². The van der Waals surface area contributed by atoms with Crippen LogP contribution in [0.15, 0.2) is 24.3 Å². The summed E-state index contributed by atoms with van der Waals surface area (Å²) in [6.45, 7) is 5.73. The van der Waals surface area contributed by atoms with Crippen LogP contribution >= 0.6 is 0 Å². The Morgan fingerprint density at radius 2 is 2.21 bits per heavy atom. The van der Waals surface area contributed by atoms with Gasteiger partial charge in [-0.3, -0.25) is 0 Å². The van der Waals surface area contributed by atoms with Gasteiger partial charge in [-0.25, -0.2) is 4.98 Å². The van der Waals surface area contributed by atoms with Gasteiger partial charge in [0, 0.05) is 19.6 Å². The van der Waals surface area contributed by atoms with Gasteiger partial charge in [-0.1, -0.05) is 19.1 Å². The fourth-order valence-electron chi connectivity index (χ4n) is 2.92. The van der Waals surface area contributed by atoms with Crippen LogP contribution in [0.25, 0.3) is 11.0 Å². The summed E-state index contributed by atoms with van der Waals surface area (Å²) in [7, 11) is 2.08. The Morgan fingerprint density at radius 3 is 3.00 bits per heavy atom. The number of nitrogens with zero attached hydrogens (tertiary/aromatic N) is 3. The van der Waals surface area contributed by atoms with Gasteiger partial charge in [-0.2, -0.15) is 0 Å². The maximum atomic E-state index is 4.69. The monoisotopic (exact) mass is 258 g/mol. The highest BCUT2D eigenvalue weighted by Crippen LogP contribution is 2.20. The molecule has 1 fully saturated rings. The minimum Gasteiger partial charge on any atom is -0.352 e. The quantitative estimate of drug-likeness (QED) is 0.918. The summed E-state index contributed by atoms with van der Waals surface area (Å²) in [5.74, 6) is 0.990. The van der Waals surface area contributed by atoms with Gasteiger partial charge >= 0.3 is 0 Å². The molecule has 1 atom stereocenters. The van der Waals surface area contributed by atoms with Crippen molar-refractivity contribution < 1.29 is 0 Å². The van der Waals surface area contributed by atoms with E-state index in [2.05, 4.69) is 47.0 Å². The van der Waals surface area contributed by atoms with Gasteiger partial charge < -0.3 is 14.8 Å². The number of benzene rings is 1. The first-order valence-electron chi connectivity index (χ1n) is 7.18. The molecule has 0 bridgehead atoms. The predicted octanol–water partition coefficient (Wildman–Crippen LogP) is 2.47. The zero-order chi connectivity index (χ0) is 13.2. The van der Waals surface area contributed by atoms with Gasteiger partial charge in [0.25, 0.3) is 0 Å². The first-order chi connectivity index (χ1) is 9.28. The second-order valence-electron chi connectivity index (χ2n) is 5.36. The second kappa shape index (κ2) is 5.21. The lowest BCUT2D eigenvalue weighted by molar-refractivity contribution is 0.226. The maximum Gasteiger partial charge on any atom is 0.203 e. The van der Waals surface area contributed by atoms with Crippen molar-refractivity contribution in [1.29, 1.82) is 0 Å². The fourth-order valence-corrected chi connectivity index (χ4v) is 2.92. The molecule has 1 aliphatic rings. The number of hydrogen-bond acceptors (Lipinski definition) is 3. The number of nitrogens with one attached hydrogen (secondary N) is 1. The molecule has 1 saturated heterocycles. The van der Waals surface area contributed by atoms with Crippen LogP contribution in [0.3, 0.4) is 0 Å². The summed E-state index contributed by atoms with van der Waals surface area (Å²) in [5.41, 5.74) is 2.25. The molecule has 4 nitrogen and oxygen atoms in total. The zero-order valence-electron chi connectivity index (χ0n) is 11.8. The summed E-state index contributed by atoms with van der Waals surface area (Å²) in [4.78, 5) is 7.19. The van der Waals surface area contributed by atoms with Gasteiger partial charge in [0.1, 0.15) is 0 Å². The van der Waals surface area contributed by atoms with Crippen molar-refractivity contribution in [3.05, 3.63) is 24.3 Å². The molecule has 4 heteroatoms. The number of rotatable bonds is 3. The predicted molar refractivity (Wildman–Crippen MR) is 79.5 cm³/mol. The molecule has 0 aliphatic carbocycles. The topological polar surface area (TPSA) is 33.1 Å². The van der Waals surface area contributed by atoms with Crippen LogP contribution in [0.2, 0.25) is 0 Å². The Hall–Kier alpha value is -1.55. The summed E-state index contributed by atoms with van der Waals surface area (Å²) < 4.78 is 2.15. The van der Waals surface area contributed by atoms with E-state index in [0.717, 1.165) is 24.6 Å². The Labute approximate surface area is 114 Å². The number of fused-ring (bicyclic) bond motifs is 1. The largest absolute Gasteiger partial charge is 0.352 e. The van der Waals surface area contributed by atoms with E-state index < -0.39 is 0 Å². The van der Waals surface area contributed by atoms with Crippen molar-refractivity contribution in [2.24, 2.45) is 7.05 Å². The van der Waals surface area contributed by atoms with Crippen molar-refractivity contribution in [2.45, 2.75) is 25.8 Å². The van der Waals surface area contributed by atoms with Crippen LogP contribution < -0.4 is 5.32 Å². The van der Waals surface area contributed by atoms with Crippen LogP contribution in [-0.2, 0) is 7.05 Å². The zero-order valence-corrected chi connectivity index (χ0v) is 11.8. The number of anilines is 1. The third kappa shape index (κ3) is 2.45. The van der Waals surface area contributed by atoms with Crippen molar-refractivity contribution in [3.8, 4) is 0 Å². The Bertz CT molecular complexity index is 560.